The van der Waals surface area contributed by atoms with E-state index in [9.17, 15) is 0 Å². The third-order valence-electron chi connectivity index (χ3n) is 2.68. The van der Waals surface area contributed by atoms with Gasteiger partial charge in [0.05, 0.1) is 0 Å². The summed E-state index contributed by atoms with van der Waals surface area (Å²) in [5, 5.41) is 0. The first-order valence-electron chi connectivity index (χ1n) is 4.74. The highest BCUT2D eigenvalue weighted by atomic mass is 14.3. The number of rotatable bonds is 1. The summed E-state index contributed by atoms with van der Waals surface area (Å²) in [6.45, 7) is 6.03. The minimum Gasteiger partial charge on any atom is -0.0991 e. The van der Waals surface area contributed by atoms with Crippen molar-refractivity contribution in [1.82, 2.24) is 0 Å². The lowest BCUT2D eigenvalue weighted by molar-refractivity contribution is 0.780. The smallest absolute Gasteiger partial charge is 0.0144 e. The molecule has 66 valence electrons. The molecule has 1 aromatic carbocycles. The van der Waals surface area contributed by atoms with Crippen LogP contribution in [0.4, 0.5) is 0 Å². The molecule has 0 nitrogen and oxygen atoms in total. The van der Waals surface area contributed by atoms with Crippen LogP contribution in [0.1, 0.15) is 18.1 Å². The van der Waals surface area contributed by atoms with Gasteiger partial charge in [-0.3, -0.25) is 0 Å². The molecule has 0 heteroatoms. The molecule has 0 bridgehead atoms. The highest BCUT2D eigenvalue weighted by molar-refractivity contribution is 5.75. The predicted molar refractivity (Wildman–Crippen MR) is 57.5 cm³/mol. The highest BCUT2D eigenvalue weighted by Gasteiger charge is 2.21. The summed E-state index contributed by atoms with van der Waals surface area (Å²) >= 11 is 0. The molecule has 1 unspecified atom stereocenters. The van der Waals surface area contributed by atoms with E-state index in [1.165, 1.54) is 23.1 Å². The van der Waals surface area contributed by atoms with Crippen LogP contribution in [-0.4, -0.2) is 0 Å². The molecule has 0 radical (unpaired) electrons. The van der Waals surface area contributed by atoms with Crippen LogP contribution in [0.2, 0.25) is 0 Å². The first-order valence-corrected chi connectivity index (χ1v) is 4.74. The van der Waals surface area contributed by atoms with Crippen LogP contribution in [0, 0.1) is 5.92 Å². The molecule has 0 spiro atoms. The second-order valence-corrected chi connectivity index (χ2v) is 3.62. The van der Waals surface area contributed by atoms with E-state index in [1.54, 1.807) is 0 Å². The van der Waals surface area contributed by atoms with Crippen molar-refractivity contribution in [2.24, 2.45) is 5.92 Å². The molecule has 0 aliphatic heterocycles. The third-order valence-corrected chi connectivity index (χ3v) is 2.68. The van der Waals surface area contributed by atoms with E-state index in [-0.39, 0.29) is 0 Å². The summed E-state index contributed by atoms with van der Waals surface area (Å²) in [5.41, 5.74) is 4.32. The van der Waals surface area contributed by atoms with Crippen LogP contribution in [0.15, 0.2) is 43.0 Å². The second kappa shape index (κ2) is 3.21. The first kappa shape index (κ1) is 8.31. The van der Waals surface area contributed by atoms with Crippen molar-refractivity contribution in [2.75, 3.05) is 0 Å². The largest absolute Gasteiger partial charge is 0.0991 e. The average Bonchev–Trinajstić information content (AvgIpc) is 2.44. The molecule has 13 heavy (non-hydrogen) atoms. The maximum Gasteiger partial charge on any atom is -0.0144 e. The van der Waals surface area contributed by atoms with Crippen molar-refractivity contribution in [3.05, 3.63) is 54.1 Å². The van der Waals surface area contributed by atoms with Crippen LogP contribution in [0.3, 0.4) is 0 Å². The monoisotopic (exact) mass is 170 g/mol. The van der Waals surface area contributed by atoms with Gasteiger partial charge in [0.2, 0.25) is 0 Å². The highest BCUT2D eigenvalue weighted by Crippen LogP contribution is 2.36. The normalized spacial score (nSPS) is 23.2. The topological polar surface area (TPSA) is 0 Å². The van der Waals surface area contributed by atoms with Gasteiger partial charge in [0.25, 0.3) is 0 Å². The average molecular weight is 170 g/mol. The number of fused-ring (bicyclic) bond motifs is 1. The molecule has 0 fully saturated rings. The van der Waals surface area contributed by atoms with Crippen molar-refractivity contribution in [3.8, 4) is 0 Å². The van der Waals surface area contributed by atoms with Crippen molar-refractivity contribution in [2.45, 2.75) is 13.3 Å². The fourth-order valence-electron chi connectivity index (χ4n) is 2.07. The standard InChI is InChI=1S/C13H14/c1-3-6-12-10(2)9-11-7-4-5-8-13(11)12/h3-8,10H,1,9H2,2H3/b12-6+. The zero-order valence-corrected chi connectivity index (χ0v) is 7.96. The third kappa shape index (κ3) is 1.33. The van der Waals surface area contributed by atoms with Gasteiger partial charge in [-0.1, -0.05) is 49.9 Å². The lowest BCUT2D eigenvalue weighted by atomic mass is 10.0. The lowest BCUT2D eigenvalue weighted by Gasteiger charge is -2.03. The lowest BCUT2D eigenvalue weighted by Crippen LogP contribution is -1.89. The predicted octanol–water partition coefficient (Wildman–Crippen LogP) is 3.45. The molecule has 0 saturated carbocycles. The molecule has 0 aromatic heterocycles. The first-order chi connectivity index (χ1) is 6.33. The molecule has 1 atom stereocenters. The van der Waals surface area contributed by atoms with E-state index in [4.69, 9.17) is 0 Å². The molecule has 2 rings (SSSR count). The van der Waals surface area contributed by atoms with Gasteiger partial charge >= 0.3 is 0 Å². The van der Waals surface area contributed by atoms with Gasteiger partial charge in [-0.2, -0.15) is 0 Å². The maximum atomic E-state index is 3.76. The maximum absolute atomic E-state index is 3.76. The summed E-state index contributed by atoms with van der Waals surface area (Å²) in [6.07, 6.45) is 5.19. The van der Waals surface area contributed by atoms with Crippen molar-refractivity contribution in [3.63, 3.8) is 0 Å². The van der Waals surface area contributed by atoms with Crippen LogP contribution < -0.4 is 0 Å². The van der Waals surface area contributed by atoms with Gasteiger partial charge in [-0.05, 0) is 29.0 Å². The molecule has 0 heterocycles. The van der Waals surface area contributed by atoms with Crippen molar-refractivity contribution in [1.29, 1.82) is 0 Å². The van der Waals surface area contributed by atoms with Crippen LogP contribution in [0.25, 0.3) is 5.57 Å². The summed E-state index contributed by atoms with van der Waals surface area (Å²) in [6, 6.07) is 8.64. The van der Waals surface area contributed by atoms with Gasteiger partial charge in [0.1, 0.15) is 0 Å². The summed E-state index contributed by atoms with van der Waals surface area (Å²) in [7, 11) is 0. The Bertz CT molecular complexity index is 358. The number of allylic oxidation sites excluding steroid dienone is 3. The Hall–Kier alpha value is -1.30. The quantitative estimate of drug-likeness (QED) is 0.605. The summed E-state index contributed by atoms with van der Waals surface area (Å²) in [5.74, 6) is 0.649. The fraction of sp³-hybridized carbons (Fsp3) is 0.231. The Labute approximate surface area is 79.6 Å². The molecular weight excluding hydrogens is 156 g/mol. The molecular formula is C13H14. The zero-order valence-electron chi connectivity index (χ0n) is 7.96. The molecule has 1 aliphatic rings. The Morgan fingerprint density at radius 2 is 2.15 bits per heavy atom. The Morgan fingerprint density at radius 3 is 2.92 bits per heavy atom. The summed E-state index contributed by atoms with van der Waals surface area (Å²) < 4.78 is 0. The number of hydrogen-bond acceptors (Lipinski definition) is 0. The fourth-order valence-corrected chi connectivity index (χ4v) is 2.07. The van der Waals surface area contributed by atoms with Crippen molar-refractivity contribution < 1.29 is 0 Å². The van der Waals surface area contributed by atoms with E-state index < -0.39 is 0 Å². The van der Waals surface area contributed by atoms with Gasteiger partial charge in [-0.15, -0.1) is 0 Å². The van der Waals surface area contributed by atoms with Crippen LogP contribution in [0.5, 0.6) is 0 Å². The summed E-state index contributed by atoms with van der Waals surface area (Å²) in [4.78, 5) is 0. The molecule has 0 N–H and O–H groups in total. The number of hydrogen-bond donors (Lipinski definition) is 0. The van der Waals surface area contributed by atoms with E-state index in [0.717, 1.165) is 0 Å². The Morgan fingerprint density at radius 1 is 1.38 bits per heavy atom. The molecule has 0 saturated heterocycles. The van der Waals surface area contributed by atoms with Gasteiger partial charge < -0.3 is 0 Å². The van der Waals surface area contributed by atoms with E-state index in [0.29, 0.717) is 5.92 Å². The minimum atomic E-state index is 0.649. The van der Waals surface area contributed by atoms with Gasteiger partial charge in [-0.25, -0.2) is 0 Å². The zero-order chi connectivity index (χ0) is 9.26. The van der Waals surface area contributed by atoms with E-state index >= 15 is 0 Å². The van der Waals surface area contributed by atoms with Gasteiger partial charge in [0.15, 0.2) is 0 Å². The minimum absolute atomic E-state index is 0.649. The Kier molecular flexibility index (Phi) is 2.05. The SMILES string of the molecule is C=C/C=C1/c2ccccc2CC1C. The molecule has 0 amide bonds. The molecule has 1 aliphatic carbocycles. The Balaban J connectivity index is 2.52. The van der Waals surface area contributed by atoms with Crippen LogP contribution in [-0.2, 0) is 6.42 Å². The van der Waals surface area contributed by atoms with Gasteiger partial charge in [0, 0.05) is 0 Å². The van der Waals surface area contributed by atoms with E-state index in [1.807, 2.05) is 6.08 Å². The van der Waals surface area contributed by atoms with E-state index in [2.05, 4.69) is 43.8 Å². The number of benzene rings is 1. The van der Waals surface area contributed by atoms with Crippen LogP contribution >= 0.6 is 0 Å². The van der Waals surface area contributed by atoms with Crippen molar-refractivity contribution >= 4 is 5.57 Å². The molecule has 1 aromatic rings. The second-order valence-electron chi connectivity index (χ2n) is 3.62.